The van der Waals surface area contributed by atoms with Gasteiger partial charge in [-0.2, -0.15) is 0 Å². The van der Waals surface area contributed by atoms with Crippen molar-refractivity contribution < 1.29 is 4.79 Å². The summed E-state index contributed by atoms with van der Waals surface area (Å²) in [6, 6.07) is 28.5. The summed E-state index contributed by atoms with van der Waals surface area (Å²) in [6.07, 6.45) is 4.10. The SMILES string of the molecule is Cc1ccc2scc(CN3CCC4(CCN(CCC(c5ccccc5)c5ccccc5)CC4)C3=O)c2c1. The zero-order chi connectivity index (χ0) is 25.2. The van der Waals surface area contributed by atoms with Gasteiger partial charge in [0, 0.05) is 23.7 Å². The van der Waals surface area contributed by atoms with Crippen LogP contribution in [0.5, 0.6) is 0 Å². The van der Waals surface area contributed by atoms with E-state index in [0.29, 0.717) is 11.8 Å². The predicted molar refractivity (Wildman–Crippen MR) is 154 cm³/mol. The van der Waals surface area contributed by atoms with Crippen LogP contribution in [-0.4, -0.2) is 41.9 Å². The van der Waals surface area contributed by atoms with Crippen molar-refractivity contribution in [3.63, 3.8) is 0 Å². The van der Waals surface area contributed by atoms with Crippen molar-refractivity contribution in [3.05, 3.63) is 106 Å². The van der Waals surface area contributed by atoms with Gasteiger partial charge in [0.15, 0.2) is 0 Å². The van der Waals surface area contributed by atoms with E-state index in [4.69, 9.17) is 0 Å². The minimum absolute atomic E-state index is 0.142. The maximum Gasteiger partial charge on any atom is 0.229 e. The van der Waals surface area contributed by atoms with Crippen molar-refractivity contribution in [2.75, 3.05) is 26.2 Å². The molecule has 37 heavy (non-hydrogen) atoms. The molecule has 0 aliphatic carbocycles. The molecular weight excluding hydrogens is 472 g/mol. The lowest BCUT2D eigenvalue weighted by molar-refractivity contribution is -0.138. The second-order valence-corrected chi connectivity index (χ2v) is 11.9. The molecule has 2 fully saturated rings. The van der Waals surface area contributed by atoms with Crippen molar-refractivity contribution in [1.82, 2.24) is 9.80 Å². The van der Waals surface area contributed by atoms with Crippen LogP contribution >= 0.6 is 11.3 Å². The van der Waals surface area contributed by atoms with E-state index >= 15 is 0 Å². The number of aryl methyl sites for hydroxylation is 1. The zero-order valence-electron chi connectivity index (χ0n) is 21.7. The summed E-state index contributed by atoms with van der Waals surface area (Å²) in [5.41, 5.74) is 5.22. The van der Waals surface area contributed by atoms with E-state index in [2.05, 4.69) is 101 Å². The summed E-state index contributed by atoms with van der Waals surface area (Å²) < 4.78 is 1.32. The second-order valence-electron chi connectivity index (χ2n) is 11.0. The quantitative estimate of drug-likeness (QED) is 0.263. The number of piperidine rings is 1. The Hall–Kier alpha value is -2.95. The molecule has 4 aromatic rings. The van der Waals surface area contributed by atoms with Gasteiger partial charge >= 0.3 is 0 Å². The lowest BCUT2D eigenvalue weighted by Crippen LogP contribution is -2.45. The summed E-state index contributed by atoms with van der Waals surface area (Å²) in [5.74, 6) is 0.802. The van der Waals surface area contributed by atoms with Gasteiger partial charge in [-0.05, 0) is 85.8 Å². The number of likely N-dealkylation sites (tertiary alicyclic amines) is 2. The van der Waals surface area contributed by atoms with Gasteiger partial charge in [0.1, 0.15) is 0 Å². The van der Waals surface area contributed by atoms with Gasteiger partial charge in [-0.3, -0.25) is 4.79 Å². The molecule has 3 nitrogen and oxygen atoms in total. The van der Waals surface area contributed by atoms with Crippen molar-refractivity contribution in [2.45, 2.75) is 45.1 Å². The minimum atomic E-state index is -0.142. The molecule has 1 amide bonds. The molecule has 3 aromatic carbocycles. The highest BCUT2D eigenvalue weighted by Gasteiger charge is 2.48. The standard InChI is InChI=1S/C33H36N2OS/c1-25-12-13-31-30(22-25)28(24-37-31)23-35-21-17-33(32(35)36)15-19-34(20-16-33)18-14-29(26-8-4-2-5-9-26)27-10-6-3-7-11-27/h2-13,22,24,29H,14-21,23H2,1H3. The minimum Gasteiger partial charge on any atom is -0.338 e. The highest BCUT2D eigenvalue weighted by Crippen LogP contribution is 2.43. The topological polar surface area (TPSA) is 23.6 Å². The predicted octanol–water partition coefficient (Wildman–Crippen LogP) is 7.25. The largest absolute Gasteiger partial charge is 0.338 e. The van der Waals surface area contributed by atoms with E-state index in [-0.39, 0.29) is 5.41 Å². The first kappa shape index (κ1) is 24.4. The Labute approximate surface area is 224 Å². The number of thiophene rings is 1. The molecule has 2 saturated heterocycles. The fourth-order valence-corrected chi connectivity index (χ4v) is 7.38. The Bertz CT molecular complexity index is 1320. The van der Waals surface area contributed by atoms with E-state index in [1.807, 2.05) is 0 Å². The first-order chi connectivity index (χ1) is 18.1. The highest BCUT2D eigenvalue weighted by molar-refractivity contribution is 7.17. The molecule has 1 spiro atoms. The molecule has 0 radical (unpaired) electrons. The fraction of sp³-hybridized carbons (Fsp3) is 0.364. The fourth-order valence-electron chi connectivity index (χ4n) is 6.44. The van der Waals surface area contributed by atoms with Crippen LogP contribution in [0.4, 0.5) is 0 Å². The molecule has 0 bridgehead atoms. The van der Waals surface area contributed by atoms with Crippen LogP contribution in [0.15, 0.2) is 84.2 Å². The number of carbonyl (C=O) groups is 1. The third-order valence-electron chi connectivity index (χ3n) is 8.72. The average Bonchev–Trinajstić information content (AvgIpc) is 3.47. The number of amides is 1. The molecule has 2 aliphatic heterocycles. The summed E-state index contributed by atoms with van der Waals surface area (Å²) in [4.78, 5) is 18.4. The van der Waals surface area contributed by atoms with Gasteiger partial charge in [-0.25, -0.2) is 0 Å². The molecule has 4 heteroatoms. The normalized spacial score (nSPS) is 17.9. The van der Waals surface area contributed by atoms with Crippen molar-refractivity contribution in [2.24, 2.45) is 5.41 Å². The van der Waals surface area contributed by atoms with Gasteiger partial charge in [0.2, 0.25) is 5.91 Å². The van der Waals surface area contributed by atoms with Crippen LogP contribution in [0.1, 0.15) is 53.9 Å². The highest BCUT2D eigenvalue weighted by atomic mass is 32.1. The van der Waals surface area contributed by atoms with Crippen molar-refractivity contribution in [1.29, 1.82) is 0 Å². The van der Waals surface area contributed by atoms with Gasteiger partial charge in [0.25, 0.3) is 0 Å². The number of fused-ring (bicyclic) bond motifs is 1. The molecule has 0 saturated carbocycles. The molecular formula is C33H36N2OS. The van der Waals surface area contributed by atoms with E-state index in [0.717, 1.165) is 58.4 Å². The van der Waals surface area contributed by atoms with Crippen LogP contribution in [0.25, 0.3) is 10.1 Å². The lowest BCUT2D eigenvalue weighted by atomic mass is 9.77. The third kappa shape index (κ3) is 4.97. The maximum atomic E-state index is 13.7. The molecule has 1 aromatic heterocycles. The monoisotopic (exact) mass is 508 g/mol. The number of rotatable bonds is 7. The number of hydrogen-bond acceptors (Lipinski definition) is 3. The van der Waals surface area contributed by atoms with E-state index in [1.165, 1.54) is 32.3 Å². The maximum absolute atomic E-state index is 13.7. The van der Waals surface area contributed by atoms with Gasteiger partial charge in [-0.1, -0.05) is 78.4 Å². The summed E-state index contributed by atoms with van der Waals surface area (Å²) in [6.45, 7) is 6.91. The Morgan fingerprint density at radius 1 is 0.865 bits per heavy atom. The number of hydrogen-bond donors (Lipinski definition) is 0. The van der Waals surface area contributed by atoms with Crippen LogP contribution in [0.3, 0.4) is 0 Å². The van der Waals surface area contributed by atoms with Crippen LogP contribution in [0.2, 0.25) is 0 Å². The molecule has 0 atom stereocenters. The Kier molecular flexibility index (Phi) is 6.88. The Balaban J connectivity index is 1.08. The second kappa shape index (κ2) is 10.4. The number of carbonyl (C=O) groups excluding carboxylic acids is 1. The van der Waals surface area contributed by atoms with Crippen molar-refractivity contribution >= 4 is 27.3 Å². The molecule has 2 aliphatic rings. The molecule has 190 valence electrons. The number of nitrogens with zero attached hydrogens (tertiary/aromatic N) is 2. The smallest absolute Gasteiger partial charge is 0.229 e. The molecule has 0 unspecified atom stereocenters. The number of benzene rings is 3. The van der Waals surface area contributed by atoms with Crippen LogP contribution in [0, 0.1) is 12.3 Å². The molecule has 0 N–H and O–H groups in total. The third-order valence-corrected chi connectivity index (χ3v) is 9.73. The first-order valence-corrected chi connectivity index (χ1v) is 14.6. The lowest BCUT2D eigenvalue weighted by Gasteiger charge is -2.38. The Morgan fingerprint density at radius 3 is 2.19 bits per heavy atom. The first-order valence-electron chi connectivity index (χ1n) is 13.7. The summed E-state index contributed by atoms with van der Waals surface area (Å²) >= 11 is 1.79. The van der Waals surface area contributed by atoms with Crippen molar-refractivity contribution in [3.8, 4) is 0 Å². The van der Waals surface area contributed by atoms with Gasteiger partial charge < -0.3 is 9.80 Å². The molecule has 6 rings (SSSR count). The van der Waals surface area contributed by atoms with Gasteiger partial charge in [0.05, 0.1) is 5.41 Å². The molecule has 3 heterocycles. The summed E-state index contributed by atoms with van der Waals surface area (Å²) in [7, 11) is 0. The Morgan fingerprint density at radius 2 is 1.51 bits per heavy atom. The van der Waals surface area contributed by atoms with Crippen LogP contribution < -0.4 is 0 Å². The van der Waals surface area contributed by atoms with E-state index < -0.39 is 0 Å². The van der Waals surface area contributed by atoms with Gasteiger partial charge in [-0.15, -0.1) is 11.3 Å². The van der Waals surface area contributed by atoms with Crippen LogP contribution in [-0.2, 0) is 11.3 Å². The van der Waals surface area contributed by atoms with E-state index in [1.54, 1.807) is 11.3 Å². The summed E-state index contributed by atoms with van der Waals surface area (Å²) in [5, 5.41) is 3.57. The van der Waals surface area contributed by atoms with E-state index in [9.17, 15) is 4.79 Å². The zero-order valence-corrected chi connectivity index (χ0v) is 22.6. The average molecular weight is 509 g/mol.